The molecule has 17 heavy (non-hydrogen) atoms. The van der Waals surface area contributed by atoms with Gasteiger partial charge in [0.15, 0.2) is 0 Å². The van der Waals surface area contributed by atoms with Gasteiger partial charge in [0.05, 0.1) is 5.75 Å². The predicted octanol–water partition coefficient (Wildman–Crippen LogP) is 2.55. The van der Waals surface area contributed by atoms with Crippen LogP contribution in [0.1, 0.15) is 18.5 Å². The van der Waals surface area contributed by atoms with Gasteiger partial charge in [-0.2, -0.15) is 0 Å². The maximum Gasteiger partial charge on any atom is 0.126 e. The first-order valence-corrected chi connectivity index (χ1v) is 6.53. The van der Waals surface area contributed by atoms with E-state index in [9.17, 15) is 9.50 Å². The highest BCUT2D eigenvalue weighted by Gasteiger charge is 2.09. The van der Waals surface area contributed by atoms with E-state index < -0.39 is 5.82 Å². The number of thioether (sulfide) groups is 1. The summed E-state index contributed by atoms with van der Waals surface area (Å²) < 4.78 is 12.8. The topological polar surface area (TPSA) is 32.3 Å². The van der Waals surface area contributed by atoms with Crippen molar-refractivity contribution in [3.63, 3.8) is 0 Å². The summed E-state index contributed by atoms with van der Waals surface area (Å²) >= 11 is 1.68. The average molecular weight is 253 g/mol. The van der Waals surface area contributed by atoms with Crippen LogP contribution in [0, 0.1) is 18.2 Å². The minimum absolute atomic E-state index is 0.0120. The highest BCUT2D eigenvalue weighted by Crippen LogP contribution is 2.24. The van der Waals surface area contributed by atoms with Gasteiger partial charge in [-0.15, -0.1) is 18.2 Å². The lowest BCUT2D eigenvalue weighted by Crippen LogP contribution is -2.21. The molecule has 0 aromatic heterocycles. The summed E-state index contributed by atoms with van der Waals surface area (Å²) in [5.74, 6) is 3.74. The number of benzene rings is 1. The van der Waals surface area contributed by atoms with E-state index in [1.54, 1.807) is 17.8 Å². The number of hydrogen-bond donors (Lipinski definition) is 2. The second-order valence-corrected chi connectivity index (χ2v) is 4.74. The van der Waals surface area contributed by atoms with E-state index in [-0.39, 0.29) is 11.8 Å². The molecule has 0 bridgehead atoms. The second kappa shape index (κ2) is 7.21. The Morgan fingerprint density at radius 1 is 1.59 bits per heavy atom. The van der Waals surface area contributed by atoms with E-state index in [1.807, 2.05) is 6.92 Å². The van der Waals surface area contributed by atoms with Gasteiger partial charge in [0.25, 0.3) is 0 Å². The summed E-state index contributed by atoms with van der Waals surface area (Å²) in [4.78, 5) is 0. The molecule has 0 heterocycles. The molecule has 2 N–H and O–H groups in total. The minimum Gasteiger partial charge on any atom is -0.508 e. The zero-order valence-corrected chi connectivity index (χ0v) is 10.6. The molecule has 2 nitrogen and oxygen atoms in total. The monoisotopic (exact) mass is 253 g/mol. The number of hydrogen-bond acceptors (Lipinski definition) is 3. The van der Waals surface area contributed by atoms with Crippen LogP contribution in [0.15, 0.2) is 18.2 Å². The lowest BCUT2D eigenvalue weighted by atomic mass is 10.1. The fourth-order valence-electron chi connectivity index (χ4n) is 1.47. The smallest absolute Gasteiger partial charge is 0.126 e. The summed E-state index contributed by atoms with van der Waals surface area (Å²) in [6.45, 7) is 2.73. The van der Waals surface area contributed by atoms with Gasteiger partial charge in [-0.1, -0.05) is 12.0 Å². The number of terminal acetylenes is 1. The molecule has 4 heteroatoms. The zero-order valence-electron chi connectivity index (χ0n) is 9.74. The van der Waals surface area contributed by atoms with Crippen LogP contribution >= 0.6 is 11.8 Å². The Labute approximate surface area is 106 Å². The van der Waals surface area contributed by atoms with Crippen LogP contribution in [0.25, 0.3) is 0 Å². The third-order valence-corrected chi connectivity index (χ3v) is 3.20. The molecular weight excluding hydrogens is 237 g/mol. The third-order valence-electron chi connectivity index (χ3n) is 2.34. The van der Waals surface area contributed by atoms with Gasteiger partial charge < -0.3 is 10.4 Å². The number of rotatable bonds is 6. The Hall–Kier alpha value is -1.18. The maximum absolute atomic E-state index is 12.8. The first-order valence-electron chi connectivity index (χ1n) is 5.38. The molecule has 92 valence electrons. The largest absolute Gasteiger partial charge is 0.508 e. The van der Waals surface area contributed by atoms with E-state index >= 15 is 0 Å². The number of phenolic OH excluding ortho intramolecular Hbond substituents is 1. The fourth-order valence-corrected chi connectivity index (χ4v) is 2.00. The normalized spacial score (nSPS) is 12.1. The van der Waals surface area contributed by atoms with E-state index in [4.69, 9.17) is 6.42 Å². The van der Waals surface area contributed by atoms with Crippen molar-refractivity contribution in [1.29, 1.82) is 0 Å². The molecule has 0 amide bonds. The van der Waals surface area contributed by atoms with Gasteiger partial charge in [0.1, 0.15) is 11.6 Å². The minimum atomic E-state index is -0.428. The summed E-state index contributed by atoms with van der Waals surface area (Å²) in [6.07, 6.45) is 5.14. The van der Waals surface area contributed by atoms with Crippen molar-refractivity contribution in [3.8, 4) is 18.1 Å². The van der Waals surface area contributed by atoms with Crippen LogP contribution in [0.5, 0.6) is 5.75 Å². The first kappa shape index (κ1) is 13.9. The molecule has 0 spiro atoms. The number of nitrogens with one attached hydrogen (secondary N) is 1. The van der Waals surface area contributed by atoms with Gasteiger partial charge in [-0.3, -0.25) is 0 Å². The van der Waals surface area contributed by atoms with Crippen LogP contribution in [0.3, 0.4) is 0 Å². The molecule has 1 aromatic rings. The van der Waals surface area contributed by atoms with E-state index in [2.05, 4.69) is 11.2 Å². The van der Waals surface area contributed by atoms with Crippen molar-refractivity contribution >= 4 is 11.8 Å². The van der Waals surface area contributed by atoms with Crippen molar-refractivity contribution < 1.29 is 9.50 Å². The summed E-state index contributed by atoms with van der Waals surface area (Å²) in [7, 11) is 0. The van der Waals surface area contributed by atoms with Crippen molar-refractivity contribution in [1.82, 2.24) is 5.32 Å². The molecule has 0 radical (unpaired) electrons. The zero-order chi connectivity index (χ0) is 12.7. The van der Waals surface area contributed by atoms with Crippen molar-refractivity contribution in [2.24, 2.45) is 0 Å². The highest BCUT2D eigenvalue weighted by molar-refractivity contribution is 7.99. The molecule has 0 saturated heterocycles. The van der Waals surface area contributed by atoms with Gasteiger partial charge in [0, 0.05) is 30.0 Å². The molecule has 1 rings (SSSR count). The SMILES string of the molecule is C#CCSCCNC(C)c1ccc(F)cc1O. The van der Waals surface area contributed by atoms with Gasteiger partial charge >= 0.3 is 0 Å². The number of phenols is 1. The Bertz CT molecular complexity index is 403. The molecule has 1 unspecified atom stereocenters. The van der Waals surface area contributed by atoms with Crippen molar-refractivity contribution in [3.05, 3.63) is 29.6 Å². The van der Waals surface area contributed by atoms with E-state index in [0.717, 1.165) is 18.4 Å². The lowest BCUT2D eigenvalue weighted by Gasteiger charge is -2.15. The predicted molar refractivity (Wildman–Crippen MR) is 70.6 cm³/mol. The number of halogens is 1. The summed E-state index contributed by atoms with van der Waals surface area (Å²) in [6, 6.07) is 4.06. The van der Waals surface area contributed by atoms with Crippen molar-refractivity contribution in [2.75, 3.05) is 18.1 Å². The van der Waals surface area contributed by atoms with Crippen molar-refractivity contribution in [2.45, 2.75) is 13.0 Å². The molecule has 0 aliphatic rings. The molecule has 0 saturated carbocycles. The lowest BCUT2D eigenvalue weighted by molar-refractivity contribution is 0.449. The Balaban J connectivity index is 2.42. The van der Waals surface area contributed by atoms with E-state index in [0.29, 0.717) is 11.3 Å². The molecule has 0 aliphatic carbocycles. The molecular formula is C13H16FNOS. The Kier molecular flexibility index (Phi) is 5.88. The molecule has 0 aliphatic heterocycles. The second-order valence-electron chi connectivity index (χ2n) is 3.64. The molecule has 1 aromatic carbocycles. The van der Waals surface area contributed by atoms with Gasteiger partial charge in [-0.25, -0.2) is 4.39 Å². The Morgan fingerprint density at radius 2 is 2.35 bits per heavy atom. The molecule has 0 fully saturated rings. The third kappa shape index (κ3) is 4.68. The molecule has 1 atom stereocenters. The first-order chi connectivity index (χ1) is 8.15. The number of aromatic hydroxyl groups is 1. The maximum atomic E-state index is 12.8. The fraction of sp³-hybridized carbons (Fsp3) is 0.385. The van der Waals surface area contributed by atoms with Crippen LogP contribution in [-0.4, -0.2) is 23.2 Å². The van der Waals surface area contributed by atoms with Crippen LogP contribution < -0.4 is 5.32 Å². The highest BCUT2D eigenvalue weighted by atomic mass is 32.2. The average Bonchev–Trinajstić information content (AvgIpc) is 2.28. The van der Waals surface area contributed by atoms with Crippen LogP contribution in [0.2, 0.25) is 0 Å². The van der Waals surface area contributed by atoms with Gasteiger partial charge in [0.2, 0.25) is 0 Å². The van der Waals surface area contributed by atoms with E-state index in [1.165, 1.54) is 6.07 Å². The quantitative estimate of drug-likeness (QED) is 0.603. The van der Waals surface area contributed by atoms with Crippen LogP contribution in [-0.2, 0) is 0 Å². The van der Waals surface area contributed by atoms with Crippen LogP contribution in [0.4, 0.5) is 4.39 Å². The standard InChI is InChI=1S/C13H16FNOS/c1-3-7-17-8-6-15-10(2)12-5-4-11(14)9-13(12)16/h1,4-5,9-10,15-16H,6-8H2,2H3. The Morgan fingerprint density at radius 3 is 3.00 bits per heavy atom. The summed E-state index contributed by atoms with van der Waals surface area (Å²) in [5.41, 5.74) is 0.702. The summed E-state index contributed by atoms with van der Waals surface area (Å²) in [5, 5.41) is 12.8. The van der Waals surface area contributed by atoms with Gasteiger partial charge in [-0.05, 0) is 13.0 Å².